The molecule has 16 heavy (non-hydrogen) atoms. The van der Waals surface area contributed by atoms with E-state index in [1.807, 2.05) is 6.92 Å². The van der Waals surface area contributed by atoms with Crippen molar-refractivity contribution in [1.29, 1.82) is 0 Å². The highest BCUT2D eigenvalue weighted by Gasteiger charge is 2.39. The average Bonchev–Trinajstić information content (AvgIpc) is 2.60. The molecule has 0 saturated heterocycles. The van der Waals surface area contributed by atoms with E-state index in [9.17, 15) is 14.4 Å². The molecule has 0 N–H and O–H groups in total. The summed E-state index contributed by atoms with van der Waals surface area (Å²) in [6.07, 6.45) is 3.01. The summed E-state index contributed by atoms with van der Waals surface area (Å²) in [5, 5.41) is 0. The fourth-order valence-corrected chi connectivity index (χ4v) is 1.62. The minimum atomic E-state index is -0.829. The Morgan fingerprint density at radius 1 is 1.38 bits per heavy atom. The van der Waals surface area contributed by atoms with Gasteiger partial charge in [-0.25, -0.2) is 4.79 Å². The van der Waals surface area contributed by atoms with Crippen molar-refractivity contribution in [2.75, 3.05) is 7.11 Å². The first-order valence-electron chi connectivity index (χ1n) is 5.16. The number of amides is 2. The highest BCUT2D eigenvalue weighted by Crippen LogP contribution is 2.20. The number of esters is 1. The molecule has 0 saturated carbocycles. The van der Waals surface area contributed by atoms with Crippen molar-refractivity contribution in [3.8, 4) is 0 Å². The first-order chi connectivity index (χ1) is 7.52. The topological polar surface area (TPSA) is 63.7 Å². The van der Waals surface area contributed by atoms with E-state index in [4.69, 9.17) is 0 Å². The van der Waals surface area contributed by atoms with Crippen LogP contribution in [0.4, 0.5) is 0 Å². The van der Waals surface area contributed by atoms with Gasteiger partial charge in [0.05, 0.1) is 7.11 Å². The molecule has 0 fully saturated rings. The van der Waals surface area contributed by atoms with Crippen molar-refractivity contribution in [2.24, 2.45) is 5.92 Å². The zero-order valence-corrected chi connectivity index (χ0v) is 9.60. The Kier molecular flexibility index (Phi) is 3.82. The molecule has 1 aliphatic rings. The van der Waals surface area contributed by atoms with Gasteiger partial charge in [-0.05, 0) is 5.92 Å². The highest BCUT2D eigenvalue weighted by molar-refractivity contribution is 6.14. The summed E-state index contributed by atoms with van der Waals surface area (Å²) in [7, 11) is 1.25. The lowest BCUT2D eigenvalue weighted by Crippen LogP contribution is -2.49. The number of carbonyl (C=O) groups is 3. The summed E-state index contributed by atoms with van der Waals surface area (Å²) in [6.45, 7) is 3.69. The molecule has 0 aliphatic carbocycles. The Hall–Kier alpha value is -1.65. The fourth-order valence-electron chi connectivity index (χ4n) is 1.62. The van der Waals surface area contributed by atoms with Gasteiger partial charge in [0.15, 0.2) is 0 Å². The summed E-state index contributed by atoms with van der Waals surface area (Å²) < 4.78 is 4.63. The lowest BCUT2D eigenvalue weighted by Gasteiger charge is -2.28. The second-order valence-electron chi connectivity index (χ2n) is 3.73. The maximum Gasteiger partial charge on any atom is 0.329 e. The predicted molar refractivity (Wildman–Crippen MR) is 56.3 cm³/mol. The zero-order chi connectivity index (χ0) is 12.3. The van der Waals surface area contributed by atoms with Crippen molar-refractivity contribution in [3.63, 3.8) is 0 Å². The van der Waals surface area contributed by atoms with Crippen LogP contribution < -0.4 is 0 Å². The van der Waals surface area contributed by atoms with Crippen LogP contribution in [0.5, 0.6) is 0 Å². The number of hydrogen-bond acceptors (Lipinski definition) is 4. The molecule has 0 spiro atoms. The van der Waals surface area contributed by atoms with Crippen LogP contribution in [0, 0.1) is 5.92 Å². The van der Waals surface area contributed by atoms with Crippen LogP contribution in [0.2, 0.25) is 0 Å². The summed E-state index contributed by atoms with van der Waals surface area (Å²) in [5.74, 6) is -1.60. The Morgan fingerprint density at radius 2 is 1.88 bits per heavy atom. The van der Waals surface area contributed by atoms with Crippen molar-refractivity contribution < 1.29 is 19.1 Å². The summed E-state index contributed by atoms with van der Waals surface area (Å²) in [5.41, 5.74) is 0. The zero-order valence-electron chi connectivity index (χ0n) is 9.60. The van der Waals surface area contributed by atoms with Crippen LogP contribution in [0.15, 0.2) is 12.2 Å². The minimum absolute atomic E-state index is 0.125. The van der Waals surface area contributed by atoms with Gasteiger partial charge in [-0.3, -0.25) is 14.5 Å². The maximum atomic E-state index is 11.6. The second kappa shape index (κ2) is 4.92. The SMILES string of the molecule is CCC(C)C(C(=O)OC)N1C(=O)C=CC1=O. The molecule has 1 heterocycles. The van der Waals surface area contributed by atoms with E-state index in [0.29, 0.717) is 6.42 Å². The van der Waals surface area contributed by atoms with Crippen LogP contribution >= 0.6 is 0 Å². The van der Waals surface area contributed by atoms with E-state index in [2.05, 4.69) is 4.74 Å². The Bertz CT molecular complexity index is 330. The quantitative estimate of drug-likeness (QED) is 0.516. The second-order valence-corrected chi connectivity index (χ2v) is 3.73. The molecule has 1 aliphatic heterocycles. The van der Waals surface area contributed by atoms with Crippen molar-refractivity contribution >= 4 is 17.8 Å². The van der Waals surface area contributed by atoms with Crippen molar-refractivity contribution in [3.05, 3.63) is 12.2 Å². The number of imide groups is 1. The average molecular weight is 225 g/mol. The van der Waals surface area contributed by atoms with Crippen molar-refractivity contribution in [2.45, 2.75) is 26.3 Å². The van der Waals surface area contributed by atoms with Crippen molar-refractivity contribution in [1.82, 2.24) is 4.90 Å². The van der Waals surface area contributed by atoms with Crippen LogP contribution in [0.3, 0.4) is 0 Å². The molecule has 2 atom stereocenters. The van der Waals surface area contributed by atoms with Crippen LogP contribution in [-0.2, 0) is 19.1 Å². The first kappa shape index (κ1) is 12.4. The molecule has 88 valence electrons. The third-order valence-corrected chi connectivity index (χ3v) is 2.75. The van der Waals surface area contributed by atoms with E-state index < -0.39 is 23.8 Å². The number of ether oxygens (including phenoxy) is 1. The Balaban J connectivity index is 2.97. The van der Waals surface area contributed by atoms with Gasteiger partial charge in [0.1, 0.15) is 6.04 Å². The third kappa shape index (κ3) is 2.13. The molecule has 5 nitrogen and oxygen atoms in total. The van der Waals surface area contributed by atoms with Crippen LogP contribution in [-0.4, -0.2) is 35.8 Å². The summed E-state index contributed by atoms with van der Waals surface area (Å²) in [4.78, 5) is 35.5. The molecule has 5 heteroatoms. The van der Waals surface area contributed by atoms with Crippen LogP contribution in [0.25, 0.3) is 0 Å². The van der Waals surface area contributed by atoms with Gasteiger partial charge in [0.2, 0.25) is 0 Å². The molecule has 0 aromatic carbocycles. The van der Waals surface area contributed by atoms with Gasteiger partial charge >= 0.3 is 5.97 Å². The van der Waals surface area contributed by atoms with Gasteiger partial charge < -0.3 is 4.74 Å². The lowest BCUT2D eigenvalue weighted by atomic mass is 9.98. The predicted octanol–water partition coefficient (Wildman–Crippen LogP) is 0.499. The van der Waals surface area contributed by atoms with Gasteiger partial charge in [-0.2, -0.15) is 0 Å². The Labute approximate surface area is 94.1 Å². The highest BCUT2D eigenvalue weighted by atomic mass is 16.5. The van der Waals surface area contributed by atoms with E-state index >= 15 is 0 Å². The van der Waals surface area contributed by atoms with Gasteiger partial charge in [-0.1, -0.05) is 20.3 Å². The third-order valence-electron chi connectivity index (χ3n) is 2.75. The molecule has 2 unspecified atom stereocenters. The lowest BCUT2D eigenvalue weighted by molar-refractivity contribution is -0.157. The molecule has 2 amide bonds. The first-order valence-corrected chi connectivity index (χ1v) is 5.16. The van der Waals surface area contributed by atoms with E-state index in [0.717, 1.165) is 4.90 Å². The van der Waals surface area contributed by atoms with E-state index in [-0.39, 0.29) is 5.92 Å². The van der Waals surface area contributed by atoms with Gasteiger partial charge in [0.25, 0.3) is 11.8 Å². The number of nitrogens with zero attached hydrogens (tertiary/aromatic N) is 1. The smallest absolute Gasteiger partial charge is 0.329 e. The molecule has 1 rings (SSSR count). The normalized spacial score (nSPS) is 18.8. The monoisotopic (exact) mass is 225 g/mol. The number of carbonyl (C=O) groups excluding carboxylic acids is 3. The molecule has 0 radical (unpaired) electrons. The standard InChI is InChI=1S/C11H15NO4/c1-4-7(2)10(11(15)16-3)12-8(13)5-6-9(12)14/h5-7,10H,4H2,1-3H3. The van der Waals surface area contributed by atoms with E-state index in [1.54, 1.807) is 6.92 Å². The summed E-state index contributed by atoms with van der Waals surface area (Å²) >= 11 is 0. The number of hydrogen-bond donors (Lipinski definition) is 0. The Morgan fingerprint density at radius 3 is 2.25 bits per heavy atom. The molecular weight excluding hydrogens is 210 g/mol. The molecule has 0 bridgehead atoms. The molecule has 0 aromatic heterocycles. The number of methoxy groups -OCH3 is 1. The fraction of sp³-hybridized carbons (Fsp3) is 0.545. The largest absolute Gasteiger partial charge is 0.467 e. The van der Waals surface area contributed by atoms with Gasteiger partial charge in [0, 0.05) is 12.2 Å². The minimum Gasteiger partial charge on any atom is -0.467 e. The van der Waals surface area contributed by atoms with Crippen LogP contribution in [0.1, 0.15) is 20.3 Å². The molecule has 0 aromatic rings. The van der Waals surface area contributed by atoms with Gasteiger partial charge in [-0.15, -0.1) is 0 Å². The summed E-state index contributed by atoms with van der Waals surface area (Å²) in [6, 6.07) is -0.829. The van der Waals surface area contributed by atoms with E-state index in [1.165, 1.54) is 19.3 Å². The molecular formula is C11H15NO4. The maximum absolute atomic E-state index is 11.6. The number of rotatable bonds is 4.